The first-order chi connectivity index (χ1) is 11.0. The molecule has 124 valence electrons. The quantitative estimate of drug-likeness (QED) is 0.778. The summed E-state index contributed by atoms with van der Waals surface area (Å²) in [5.74, 6) is -1.58. The lowest BCUT2D eigenvalue weighted by molar-refractivity contribution is -0.135. The first-order valence-corrected chi connectivity index (χ1v) is 8.08. The van der Waals surface area contributed by atoms with Crippen LogP contribution >= 0.6 is 15.9 Å². The second-order valence-electron chi connectivity index (χ2n) is 5.25. The van der Waals surface area contributed by atoms with Crippen molar-refractivity contribution >= 4 is 33.7 Å². The van der Waals surface area contributed by atoms with Crippen LogP contribution in [0.15, 0.2) is 22.7 Å². The maximum Gasteiger partial charge on any atom is 0.270 e. The minimum atomic E-state index is -0.576. The molecule has 0 saturated carbocycles. The molecule has 6 nitrogen and oxygen atoms in total. The van der Waals surface area contributed by atoms with Crippen molar-refractivity contribution in [3.63, 3.8) is 0 Å². The monoisotopic (exact) mass is 385 g/mol. The van der Waals surface area contributed by atoms with Gasteiger partial charge in [-0.1, -0.05) is 6.42 Å². The number of carbonyl (C=O) groups is 3. The number of likely N-dealkylation sites (tertiary alicyclic amines) is 1. The molecule has 1 aliphatic heterocycles. The van der Waals surface area contributed by atoms with Gasteiger partial charge < -0.3 is 4.90 Å². The zero-order chi connectivity index (χ0) is 16.8. The Morgan fingerprint density at radius 2 is 2.00 bits per heavy atom. The van der Waals surface area contributed by atoms with Crippen LogP contribution in [-0.4, -0.2) is 35.7 Å². The second kappa shape index (κ2) is 8.05. The molecule has 1 aromatic carbocycles. The fourth-order valence-electron chi connectivity index (χ4n) is 2.29. The maximum atomic E-state index is 13.0. The van der Waals surface area contributed by atoms with Gasteiger partial charge in [-0.05, 0) is 47.0 Å². The highest BCUT2D eigenvalue weighted by Crippen LogP contribution is 2.17. The average Bonchev–Trinajstić information content (AvgIpc) is 2.70. The molecule has 0 radical (unpaired) electrons. The Labute approximate surface area is 141 Å². The molecular formula is C15H17BrFN3O3. The highest BCUT2D eigenvalue weighted by atomic mass is 79.9. The fourth-order valence-corrected chi connectivity index (χ4v) is 2.82. The SMILES string of the molecule is O=C(CN1CCCCCC1=O)NNC(=O)c1ccc(F)cc1Br. The Hall–Kier alpha value is -1.96. The van der Waals surface area contributed by atoms with Crippen LogP contribution in [0, 0.1) is 5.82 Å². The summed E-state index contributed by atoms with van der Waals surface area (Å²) in [7, 11) is 0. The Bertz CT molecular complexity index is 624. The van der Waals surface area contributed by atoms with Crippen LogP contribution < -0.4 is 10.9 Å². The maximum absolute atomic E-state index is 13.0. The topological polar surface area (TPSA) is 78.5 Å². The summed E-state index contributed by atoms with van der Waals surface area (Å²) in [5.41, 5.74) is 4.71. The second-order valence-corrected chi connectivity index (χ2v) is 6.11. The highest BCUT2D eigenvalue weighted by Gasteiger charge is 2.19. The standard InChI is InChI=1S/C15H17BrFN3O3/c16-12-8-10(17)5-6-11(12)15(23)19-18-13(21)9-20-7-3-1-2-4-14(20)22/h5-6,8H,1-4,7,9H2,(H,18,21)(H,19,23). The van der Waals surface area contributed by atoms with Crippen molar-refractivity contribution < 1.29 is 18.8 Å². The van der Waals surface area contributed by atoms with Crippen LogP contribution in [0.5, 0.6) is 0 Å². The van der Waals surface area contributed by atoms with Crippen LogP contribution in [0.2, 0.25) is 0 Å². The molecule has 1 saturated heterocycles. The predicted molar refractivity (Wildman–Crippen MR) is 84.8 cm³/mol. The van der Waals surface area contributed by atoms with Crippen molar-refractivity contribution in [1.29, 1.82) is 0 Å². The predicted octanol–water partition coefficient (Wildman–Crippen LogP) is 1.75. The molecule has 0 aliphatic carbocycles. The van der Waals surface area contributed by atoms with Crippen molar-refractivity contribution in [2.45, 2.75) is 25.7 Å². The van der Waals surface area contributed by atoms with Gasteiger partial charge in [-0.3, -0.25) is 25.2 Å². The molecule has 3 amide bonds. The molecule has 0 unspecified atom stereocenters. The number of hydrogen-bond acceptors (Lipinski definition) is 3. The highest BCUT2D eigenvalue weighted by molar-refractivity contribution is 9.10. The normalized spacial score (nSPS) is 15.0. The Morgan fingerprint density at radius 3 is 2.74 bits per heavy atom. The Balaban J connectivity index is 1.86. The van der Waals surface area contributed by atoms with Crippen LogP contribution in [0.3, 0.4) is 0 Å². The Kier molecular flexibility index (Phi) is 6.09. The van der Waals surface area contributed by atoms with E-state index in [1.54, 1.807) is 0 Å². The molecule has 1 fully saturated rings. The third-order valence-corrected chi connectivity index (χ3v) is 4.15. The summed E-state index contributed by atoms with van der Waals surface area (Å²) in [4.78, 5) is 37.1. The minimum absolute atomic E-state index is 0.0507. The smallest absolute Gasteiger partial charge is 0.270 e. The van der Waals surface area contributed by atoms with Gasteiger partial charge in [0, 0.05) is 17.4 Å². The number of rotatable bonds is 3. The van der Waals surface area contributed by atoms with Crippen LogP contribution in [0.1, 0.15) is 36.0 Å². The number of nitrogens with zero attached hydrogens (tertiary/aromatic N) is 1. The van der Waals surface area contributed by atoms with Gasteiger partial charge in [0.2, 0.25) is 5.91 Å². The van der Waals surface area contributed by atoms with Crippen LogP contribution in [0.4, 0.5) is 4.39 Å². The van der Waals surface area contributed by atoms with E-state index in [1.807, 2.05) is 0 Å². The van der Waals surface area contributed by atoms with Crippen molar-refractivity contribution in [3.05, 3.63) is 34.1 Å². The first kappa shape index (κ1) is 17.4. The summed E-state index contributed by atoms with van der Waals surface area (Å²) in [6.07, 6.45) is 3.13. The van der Waals surface area contributed by atoms with Gasteiger partial charge in [-0.2, -0.15) is 0 Å². The lowest BCUT2D eigenvalue weighted by Crippen LogP contribution is -2.47. The Morgan fingerprint density at radius 1 is 1.22 bits per heavy atom. The van der Waals surface area contributed by atoms with Gasteiger partial charge in [-0.15, -0.1) is 0 Å². The van der Waals surface area contributed by atoms with Gasteiger partial charge in [0.15, 0.2) is 0 Å². The van der Waals surface area contributed by atoms with Crippen LogP contribution in [0.25, 0.3) is 0 Å². The van der Waals surface area contributed by atoms with Crippen molar-refractivity contribution in [2.24, 2.45) is 0 Å². The summed E-state index contributed by atoms with van der Waals surface area (Å²) >= 11 is 3.08. The molecule has 0 spiro atoms. The van der Waals surface area contributed by atoms with Crippen LogP contribution in [-0.2, 0) is 9.59 Å². The van der Waals surface area contributed by atoms with E-state index in [0.717, 1.165) is 31.4 Å². The molecule has 1 heterocycles. The van der Waals surface area contributed by atoms with Gasteiger partial charge >= 0.3 is 0 Å². The number of benzene rings is 1. The summed E-state index contributed by atoms with van der Waals surface area (Å²) in [5, 5.41) is 0. The van der Waals surface area contributed by atoms with Gasteiger partial charge in [-0.25, -0.2) is 4.39 Å². The average molecular weight is 386 g/mol. The molecule has 2 N–H and O–H groups in total. The largest absolute Gasteiger partial charge is 0.333 e. The number of amides is 3. The number of carbonyl (C=O) groups excluding carboxylic acids is 3. The zero-order valence-corrected chi connectivity index (χ0v) is 14.0. The third kappa shape index (κ3) is 5.02. The lowest BCUT2D eigenvalue weighted by atomic mass is 10.2. The van der Waals surface area contributed by atoms with E-state index in [9.17, 15) is 18.8 Å². The van der Waals surface area contributed by atoms with Crippen molar-refractivity contribution in [1.82, 2.24) is 15.8 Å². The van der Waals surface area contributed by atoms with Crippen molar-refractivity contribution in [3.8, 4) is 0 Å². The van der Waals surface area contributed by atoms with E-state index in [-0.39, 0.29) is 22.5 Å². The van der Waals surface area contributed by atoms with E-state index in [0.29, 0.717) is 13.0 Å². The molecule has 0 aromatic heterocycles. The molecule has 1 aromatic rings. The van der Waals surface area contributed by atoms with E-state index < -0.39 is 17.6 Å². The number of hydrazine groups is 1. The zero-order valence-electron chi connectivity index (χ0n) is 12.4. The molecular weight excluding hydrogens is 369 g/mol. The third-order valence-electron chi connectivity index (χ3n) is 3.50. The molecule has 2 rings (SSSR count). The lowest BCUT2D eigenvalue weighted by Gasteiger charge is -2.19. The molecule has 8 heteroatoms. The van der Waals surface area contributed by atoms with E-state index in [2.05, 4.69) is 26.8 Å². The fraction of sp³-hybridized carbons (Fsp3) is 0.400. The van der Waals surface area contributed by atoms with Gasteiger partial charge in [0.05, 0.1) is 5.56 Å². The first-order valence-electron chi connectivity index (χ1n) is 7.29. The van der Waals surface area contributed by atoms with E-state index in [4.69, 9.17) is 0 Å². The molecule has 1 aliphatic rings. The number of hydrogen-bond donors (Lipinski definition) is 2. The summed E-state index contributed by atoms with van der Waals surface area (Å²) in [6, 6.07) is 3.61. The van der Waals surface area contributed by atoms with Gasteiger partial charge in [0.25, 0.3) is 11.8 Å². The van der Waals surface area contributed by atoms with E-state index >= 15 is 0 Å². The number of nitrogens with one attached hydrogen (secondary N) is 2. The molecule has 0 atom stereocenters. The van der Waals surface area contributed by atoms with E-state index in [1.165, 1.54) is 11.0 Å². The number of halogens is 2. The van der Waals surface area contributed by atoms with Crippen molar-refractivity contribution in [2.75, 3.05) is 13.1 Å². The molecule has 0 bridgehead atoms. The summed E-state index contributed by atoms with van der Waals surface area (Å²) < 4.78 is 13.3. The summed E-state index contributed by atoms with van der Waals surface area (Å²) in [6.45, 7) is 0.452. The van der Waals surface area contributed by atoms with Gasteiger partial charge in [0.1, 0.15) is 12.4 Å². The minimum Gasteiger partial charge on any atom is -0.333 e. The molecule has 23 heavy (non-hydrogen) atoms.